The molecule has 2 aliphatic heterocycles. The summed E-state index contributed by atoms with van der Waals surface area (Å²) in [5.41, 5.74) is 0.557. The Hall–Kier alpha value is -1.74. The summed E-state index contributed by atoms with van der Waals surface area (Å²) in [5, 5.41) is 0. The summed E-state index contributed by atoms with van der Waals surface area (Å²) < 4.78 is 42.0. The molecular weight excluding hydrogens is 345 g/mol. The molecule has 0 N–H and O–H groups in total. The Bertz CT molecular complexity index is 625. The lowest BCUT2D eigenvalue weighted by molar-refractivity contribution is -0.205. The minimum atomic E-state index is -1.70. The number of halogens is 1. The minimum absolute atomic E-state index is 0.282. The molecular formula is C18H24FNO6. The second kappa shape index (κ2) is 7.48. The van der Waals surface area contributed by atoms with Crippen LogP contribution in [0.3, 0.4) is 0 Å². The van der Waals surface area contributed by atoms with E-state index < -0.39 is 36.1 Å². The van der Waals surface area contributed by atoms with Crippen molar-refractivity contribution in [2.75, 3.05) is 39.4 Å². The number of ether oxygens (including phenoxy) is 5. The highest BCUT2D eigenvalue weighted by molar-refractivity contribution is 6.05. The van der Waals surface area contributed by atoms with Crippen LogP contribution in [0.2, 0.25) is 0 Å². The summed E-state index contributed by atoms with van der Waals surface area (Å²) in [7, 11) is 4.66. The minimum Gasteiger partial charge on any atom is -0.497 e. The lowest BCUT2D eigenvalue weighted by Crippen LogP contribution is -2.72. The van der Waals surface area contributed by atoms with Gasteiger partial charge in [0.1, 0.15) is 24.0 Å². The zero-order valence-electron chi connectivity index (χ0n) is 15.3. The van der Waals surface area contributed by atoms with Crippen LogP contribution in [0.15, 0.2) is 24.3 Å². The number of anilines is 1. The molecule has 144 valence electrons. The van der Waals surface area contributed by atoms with E-state index >= 15 is 0 Å². The van der Waals surface area contributed by atoms with Crippen molar-refractivity contribution in [1.82, 2.24) is 0 Å². The molecule has 2 saturated heterocycles. The molecule has 0 aliphatic carbocycles. The molecule has 2 aliphatic rings. The van der Waals surface area contributed by atoms with E-state index in [1.165, 1.54) is 4.90 Å². The third-order valence-corrected chi connectivity index (χ3v) is 4.76. The Morgan fingerprint density at radius 1 is 1.08 bits per heavy atom. The van der Waals surface area contributed by atoms with Crippen molar-refractivity contribution in [3.8, 4) is 5.75 Å². The van der Waals surface area contributed by atoms with Crippen LogP contribution in [0.1, 0.15) is 6.92 Å². The number of nitrogens with zero attached hydrogens (tertiary/aromatic N) is 1. The molecule has 2 heterocycles. The Morgan fingerprint density at radius 2 is 1.62 bits per heavy atom. The van der Waals surface area contributed by atoms with E-state index in [0.717, 1.165) is 0 Å². The topological polar surface area (TPSA) is 66.5 Å². The molecule has 0 unspecified atom stereocenters. The van der Waals surface area contributed by atoms with Crippen LogP contribution >= 0.6 is 0 Å². The average Bonchev–Trinajstić information content (AvgIpc) is 2.95. The molecule has 0 bridgehead atoms. The highest BCUT2D eigenvalue weighted by atomic mass is 19.1. The molecule has 7 nitrogen and oxygen atoms in total. The van der Waals surface area contributed by atoms with Gasteiger partial charge in [-0.3, -0.25) is 9.69 Å². The van der Waals surface area contributed by atoms with Crippen LogP contribution in [-0.4, -0.2) is 70.7 Å². The molecule has 1 aromatic rings. The van der Waals surface area contributed by atoms with Crippen LogP contribution < -0.4 is 9.64 Å². The Morgan fingerprint density at radius 3 is 2.08 bits per heavy atom. The fraction of sp³-hybridized carbons (Fsp3) is 0.611. The fourth-order valence-corrected chi connectivity index (χ4v) is 3.52. The highest BCUT2D eigenvalue weighted by Crippen LogP contribution is 2.43. The number of hydrogen-bond acceptors (Lipinski definition) is 6. The molecule has 3 rings (SSSR count). The Labute approximate surface area is 151 Å². The third kappa shape index (κ3) is 3.18. The van der Waals surface area contributed by atoms with Crippen molar-refractivity contribution in [3.05, 3.63) is 24.3 Å². The maximum Gasteiger partial charge on any atom is 0.264 e. The predicted molar refractivity (Wildman–Crippen MR) is 91.1 cm³/mol. The third-order valence-electron chi connectivity index (χ3n) is 4.76. The summed E-state index contributed by atoms with van der Waals surface area (Å²) in [4.78, 5) is 13.6. The monoisotopic (exact) mass is 369 g/mol. The van der Waals surface area contributed by atoms with E-state index in [1.807, 2.05) is 0 Å². The smallest absolute Gasteiger partial charge is 0.264 e. The van der Waals surface area contributed by atoms with Crippen molar-refractivity contribution in [2.45, 2.75) is 37.1 Å². The first-order valence-electron chi connectivity index (χ1n) is 8.40. The number of alkyl halides is 1. The largest absolute Gasteiger partial charge is 0.497 e. The number of carbonyl (C=O) groups is 1. The Kier molecular flexibility index (Phi) is 5.47. The number of amides is 1. The van der Waals surface area contributed by atoms with Gasteiger partial charge in [-0.05, 0) is 31.2 Å². The second-order valence-electron chi connectivity index (χ2n) is 6.49. The quantitative estimate of drug-likeness (QED) is 0.680. The fourth-order valence-electron chi connectivity index (χ4n) is 3.52. The number of rotatable bonds is 7. The van der Waals surface area contributed by atoms with E-state index in [0.29, 0.717) is 11.4 Å². The van der Waals surface area contributed by atoms with Crippen molar-refractivity contribution in [1.29, 1.82) is 0 Å². The summed E-state index contributed by atoms with van der Waals surface area (Å²) in [6, 6.07) is 5.93. The standard InChI is InChI=1S/C18H24FNO6/c1-18(25-13(9-22-2)14(26-18)10-23-3)16-15(19)17(21)20(16)11-5-7-12(24-4)8-6-11/h5-8,13-16H,9-10H2,1-4H3/t13-,14-,15+,16-/m0/s1. The van der Waals surface area contributed by atoms with Gasteiger partial charge in [0.05, 0.1) is 20.3 Å². The number of β-lactam (4-membered cyclic amide) rings is 1. The summed E-state index contributed by atoms with van der Waals surface area (Å²) in [6.45, 7) is 2.21. The van der Waals surface area contributed by atoms with Crippen LogP contribution in [0.25, 0.3) is 0 Å². The van der Waals surface area contributed by atoms with Crippen molar-refractivity contribution >= 4 is 11.6 Å². The SMILES string of the molecule is COC[C@@H]1OC(C)([C@@H]2[C@@H](F)C(=O)N2c2ccc(OC)cc2)O[C@H]1COC. The maximum absolute atomic E-state index is 14.5. The van der Waals surface area contributed by atoms with Crippen molar-refractivity contribution < 1.29 is 32.9 Å². The van der Waals surface area contributed by atoms with Gasteiger partial charge >= 0.3 is 0 Å². The van der Waals surface area contributed by atoms with Gasteiger partial charge in [-0.1, -0.05) is 0 Å². The summed E-state index contributed by atoms with van der Waals surface area (Å²) in [6.07, 6.45) is -2.53. The van der Waals surface area contributed by atoms with Crippen LogP contribution in [0.5, 0.6) is 5.75 Å². The molecule has 26 heavy (non-hydrogen) atoms. The number of hydrogen-bond donors (Lipinski definition) is 0. The summed E-state index contributed by atoms with van der Waals surface area (Å²) >= 11 is 0. The van der Waals surface area contributed by atoms with Crippen molar-refractivity contribution in [3.63, 3.8) is 0 Å². The first kappa shape index (κ1) is 19.0. The molecule has 0 radical (unpaired) electrons. The average molecular weight is 369 g/mol. The number of carbonyl (C=O) groups excluding carboxylic acids is 1. The molecule has 2 fully saturated rings. The van der Waals surface area contributed by atoms with E-state index in [2.05, 4.69) is 0 Å². The van der Waals surface area contributed by atoms with E-state index in [4.69, 9.17) is 23.7 Å². The lowest BCUT2D eigenvalue weighted by atomic mass is 9.91. The van der Waals surface area contributed by atoms with E-state index in [-0.39, 0.29) is 13.2 Å². The number of benzene rings is 1. The van der Waals surface area contributed by atoms with E-state index in [9.17, 15) is 9.18 Å². The highest BCUT2D eigenvalue weighted by Gasteiger charge is 2.63. The van der Waals surface area contributed by atoms with Gasteiger partial charge in [-0.15, -0.1) is 0 Å². The normalized spacial score (nSPS) is 30.3. The van der Waals surface area contributed by atoms with E-state index in [1.54, 1.807) is 52.5 Å². The van der Waals surface area contributed by atoms with Gasteiger partial charge in [0.15, 0.2) is 5.79 Å². The van der Waals surface area contributed by atoms with Crippen LogP contribution in [-0.2, 0) is 23.7 Å². The molecule has 0 spiro atoms. The van der Waals surface area contributed by atoms with Crippen molar-refractivity contribution in [2.24, 2.45) is 0 Å². The predicted octanol–water partition coefficient (Wildman–Crippen LogP) is 1.54. The molecule has 8 heteroatoms. The van der Waals surface area contributed by atoms with Gasteiger partial charge in [0.25, 0.3) is 5.91 Å². The van der Waals surface area contributed by atoms with Gasteiger partial charge < -0.3 is 23.7 Å². The summed E-state index contributed by atoms with van der Waals surface area (Å²) in [5.74, 6) is -1.28. The lowest BCUT2D eigenvalue weighted by Gasteiger charge is -2.49. The first-order valence-corrected chi connectivity index (χ1v) is 8.40. The molecule has 1 amide bonds. The molecule has 4 atom stereocenters. The zero-order chi connectivity index (χ0) is 18.9. The molecule has 0 saturated carbocycles. The second-order valence-corrected chi connectivity index (χ2v) is 6.49. The van der Waals surface area contributed by atoms with Gasteiger partial charge in [0, 0.05) is 19.9 Å². The van der Waals surface area contributed by atoms with Gasteiger partial charge in [-0.2, -0.15) is 0 Å². The zero-order valence-corrected chi connectivity index (χ0v) is 15.3. The van der Waals surface area contributed by atoms with Gasteiger partial charge in [0.2, 0.25) is 6.17 Å². The van der Waals surface area contributed by atoms with Crippen LogP contribution in [0, 0.1) is 0 Å². The molecule has 1 aromatic carbocycles. The first-order chi connectivity index (χ1) is 12.4. The molecule has 0 aromatic heterocycles. The Balaban J connectivity index is 1.84. The van der Waals surface area contributed by atoms with Crippen LogP contribution in [0.4, 0.5) is 10.1 Å². The maximum atomic E-state index is 14.5. The van der Waals surface area contributed by atoms with Gasteiger partial charge in [-0.25, -0.2) is 4.39 Å². The number of methoxy groups -OCH3 is 3.